The molecule has 0 aromatic heterocycles. The van der Waals surface area contributed by atoms with Gasteiger partial charge in [-0.25, -0.2) is 0 Å². The van der Waals surface area contributed by atoms with E-state index in [9.17, 15) is 9.59 Å². The van der Waals surface area contributed by atoms with Gasteiger partial charge in [-0.3, -0.25) is 14.6 Å². The maximum Gasteiger partial charge on any atom is 0.245 e. The van der Waals surface area contributed by atoms with E-state index in [-0.39, 0.29) is 23.8 Å². The van der Waals surface area contributed by atoms with Gasteiger partial charge < -0.3 is 10.2 Å². The average molecular weight is 354 g/mol. The molecule has 2 aliphatic heterocycles. The minimum atomic E-state index is -0.186. The Morgan fingerprint density at radius 3 is 2.85 bits per heavy atom. The molecule has 1 fully saturated rings. The van der Waals surface area contributed by atoms with E-state index in [1.54, 1.807) is 4.90 Å². The molecule has 2 unspecified atom stereocenters. The lowest BCUT2D eigenvalue weighted by Gasteiger charge is -2.31. The number of hydrogen-bond acceptors (Lipinski definition) is 4. The SMILES string of the molecule is C=CC(=O)N1CCCC(C(=O)NC2=NN(Cc3ccccc3)C(C)C2)C1. The standard InChI is InChI=1S/C20H26N4O2/c1-3-19(25)23-11-7-10-17(14-23)20(26)21-18-12-15(2)24(22-18)13-16-8-5-4-6-9-16/h3-6,8-9,15,17H,1,7,10-14H2,2H3,(H,21,22,26). The van der Waals surface area contributed by atoms with Crippen LogP contribution in [-0.4, -0.2) is 46.7 Å². The largest absolute Gasteiger partial charge is 0.338 e. The minimum Gasteiger partial charge on any atom is -0.338 e. The molecule has 0 radical (unpaired) electrons. The molecule has 2 aliphatic rings. The second-order valence-electron chi connectivity index (χ2n) is 7.00. The number of nitrogens with one attached hydrogen (secondary N) is 1. The molecule has 138 valence electrons. The molecule has 2 amide bonds. The Bertz CT molecular complexity index is 701. The highest BCUT2D eigenvalue weighted by Crippen LogP contribution is 2.20. The monoisotopic (exact) mass is 354 g/mol. The van der Waals surface area contributed by atoms with Crippen LogP contribution in [0.1, 0.15) is 31.7 Å². The van der Waals surface area contributed by atoms with Gasteiger partial charge >= 0.3 is 0 Å². The first-order valence-corrected chi connectivity index (χ1v) is 9.17. The van der Waals surface area contributed by atoms with Gasteiger partial charge in [-0.2, -0.15) is 5.10 Å². The molecule has 26 heavy (non-hydrogen) atoms. The van der Waals surface area contributed by atoms with E-state index in [1.165, 1.54) is 11.6 Å². The Kier molecular flexibility index (Phi) is 5.71. The van der Waals surface area contributed by atoms with E-state index in [4.69, 9.17) is 0 Å². The summed E-state index contributed by atoms with van der Waals surface area (Å²) >= 11 is 0. The predicted molar refractivity (Wildman–Crippen MR) is 101 cm³/mol. The summed E-state index contributed by atoms with van der Waals surface area (Å²) in [4.78, 5) is 26.1. The van der Waals surface area contributed by atoms with Crippen molar-refractivity contribution >= 4 is 17.6 Å². The molecule has 1 aromatic rings. The Labute approximate surface area is 154 Å². The molecule has 0 aliphatic carbocycles. The predicted octanol–water partition coefficient (Wildman–Crippen LogP) is 2.14. The Morgan fingerprint density at radius 2 is 2.12 bits per heavy atom. The summed E-state index contributed by atoms with van der Waals surface area (Å²) in [6.45, 7) is 7.50. The summed E-state index contributed by atoms with van der Waals surface area (Å²) < 4.78 is 0. The lowest BCUT2D eigenvalue weighted by molar-refractivity contribution is -0.131. The van der Waals surface area contributed by atoms with Gasteiger partial charge in [-0.1, -0.05) is 36.9 Å². The van der Waals surface area contributed by atoms with E-state index < -0.39 is 0 Å². The number of carbonyl (C=O) groups excluding carboxylic acids is 2. The first-order valence-electron chi connectivity index (χ1n) is 9.17. The third kappa shape index (κ3) is 4.31. The number of nitrogens with zero attached hydrogens (tertiary/aromatic N) is 3. The van der Waals surface area contributed by atoms with Crippen molar-refractivity contribution in [1.82, 2.24) is 15.2 Å². The van der Waals surface area contributed by atoms with Crippen LogP contribution >= 0.6 is 0 Å². The molecule has 6 heteroatoms. The molecule has 1 N–H and O–H groups in total. The quantitative estimate of drug-likeness (QED) is 0.843. The number of rotatable bonds is 4. The van der Waals surface area contributed by atoms with Gasteiger partial charge in [0.05, 0.1) is 18.5 Å². The molecule has 0 spiro atoms. The Hall–Kier alpha value is -2.63. The Balaban J connectivity index is 1.58. The maximum atomic E-state index is 12.6. The molecule has 0 saturated carbocycles. The number of piperidine rings is 1. The highest BCUT2D eigenvalue weighted by atomic mass is 16.2. The molecule has 1 aromatic carbocycles. The van der Waals surface area contributed by atoms with Crippen molar-refractivity contribution in [3.8, 4) is 0 Å². The third-order valence-corrected chi connectivity index (χ3v) is 4.98. The molecule has 2 heterocycles. The maximum absolute atomic E-state index is 12.6. The van der Waals surface area contributed by atoms with Gasteiger partial charge in [0.1, 0.15) is 5.84 Å². The van der Waals surface area contributed by atoms with Gasteiger partial charge in [0.15, 0.2) is 0 Å². The molecule has 3 rings (SSSR count). The zero-order valence-corrected chi connectivity index (χ0v) is 15.2. The number of hydrogen-bond donors (Lipinski definition) is 1. The second kappa shape index (κ2) is 8.17. The van der Waals surface area contributed by atoms with E-state index >= 15 is 0 Å². The number of benzene rings is 1. The van der Waals surface area contributed by atoms with Crippen molar-refractivity contribution in [2.75, 3.05) is 13.1 Å². The zero-order valence-electron chi connectivity index (χ0n) is 15.2. The number of likely N-dealkylation sites (tertiary alicyclic amines) is 1. The van der Waals surface area contributed by atoms with Crippen LogP contribution in [-0.2, 0) is 16.1 Å². The van der Waals surface area contributed by atoms with Crippen LogP contribution in [0, 0.1) is 5.92 Å². The highest BCUT2D eigenvalue weighted by molar-refractivity contribution is 6.00. The Morgan fingerprint density at radius 1 is 1.35 bits per heavy atom. The van der Waals surface area contributed by atoms with Crippen LogP contribution < -0.4 is 5.32 Å². The van der Waals surface area contributed by atoms with Crippen LogP contribution in [0.2, 0.25) is 0 Å². The fraction of sp³-hybridized carbons (Fsp3) is 0.450. The molecule has 6 nitrogen and oxygen atoms in total. The van der Waals surface area contributed by atoms with Gasteiger partial charge in [-0.15, -0.1) is 0 Å². The fourth-order valence-corrected chi connectivity index (χ4v) is 3.48. The van der Waals surface area contributed by atoms with Crippen molar-refractivity contribution in [3.05, 3.63) is 48.6 Å². The van der Waals surface area contributed by atoms with E-state index in [0.29, 0.717) is 18.9 Å². The van der Waals surface area contributed by atoms with Crippen molar-refractivity contribution in [3.63, 3.8) is 0 Å². The van der Waals surface area contributed by atoms with Gasteiger partial charge in [0.25, 0.3) is 0 Å². The van der Waals surface area contributed by atoms with Crippen LogP contribution in [0.15, 0.2) is 48.1 Å². The fourth-order valence-electron chi connectivity index (χ4n) is 3.48. The van der Waals surface area contributed by atoms with Gasteiger partial charge in [-0.05, 0) is 31.4 Å². The summed E-state index contributed by atoms with van der Waals surface area (Å²) in [7, 11) is 0. The van der Waals surface area contributed by atoms with Gasteiger partial charge in [0, 0.05) is 19.5 Å². The summed E-state index contributed by atoms with van der Waals surface area (Å²) in [6, 6.07) is 10.4. The minimum absolute atomic E-state index is 0.0425. The van der Waals surface area contributed by atoms with Crippen LogP contribution in [0.3, 0.4) is 0 Å². The summed E-state index contributed by atoms with van der Waals surface area (Å²) in [5.41, 5.74) is 1.20. The van der Waals surface area contributed by atoms with Gasteiger partial charge in [0.2, 0.25) is 11.8 Å². The van der Waals surface area contributed by atoms with E-state index in [0.717, 1.165) is 25.8 Å². The van der Waals surface area contributed by atoms with Crippen molar-refractivity contribution in [2.24, 2.45) is 11.0 Å². The van der Waals surface area contributed by atoms with E-state index in [2.05, 4.69) is 36.1 Å². The second-order valence-corrected chi connectivity index (χ2v) is 7.00. The number of amidine groups is 1. The smallest absolute Gasteiger partial charge is 0.245 e. The van der Waals surface area contributed by atoms with Crippen LogP contribution in [0.25, 0.3) is 0 Å². The van der Waals surface area contributed by atoms with Crippen molar-refractivity contribution in [1.29, 1.82) is 0 Å². The van der Waals surface area contributed by atoms with Crippen molar-refractivity contribution in [2.45, 2.75) is 38.8 Å². The lowest BCUT2D eigenvalue weighted by Crippen LogP contribution is -2.46. The number of amides is 2. The summed E-state index contributed by atoms with van der Waals surface area (Å²) in [6.07, 6.45) is 3.66. The molecule has 0 bridgehead atoms. The lowest BCUT2D eigenvalue weighted by atomic mass is 9.97. The topological polar surface area (TPSA) is 65.0 Å². The van der Waals surface area contributed by atoms with E-state index in [1.807, 2.05) is 23.2 Å². The number of carbonyl (C=O) groups is 2. The van der Waals surface area contributed by atoms with Crippen LogP contribution in [0.4, 0.5) is 0 Å². The first kappa shape index (κ1) is 18.2. The summed E-state index contributed by atoms with van der Waals surface area (Å²) in [5, 5.41) is 9.58. The number of hydrazone groups is 1. The summed E-state index contributed by atoms with van der Waals surface area (Å²) in [5.74, 6) is 0.377. The highest BCUT2D eigenvalue weighted by Gasteiger charge is 2.30. The zero-order chi connectivity index (χ0) is 18.5. The first-order chi connectivity index (χ1) is 12.6. The van der Waals surface area contributed by atoms with Crippen LogP contribution in [0.5, 0.6) is 0 Å². The molecular formula is C20H26N4O2. The molecule has 1 saturated heterocycles. The van der Waals surface area contributed by atoms with Crippen molar-refractivity contribution < 1.29 is 9.59 Å². The molecular weight excluding hydrogens is 328 g/mol. The third-order valence-electron chi connectivity index (χ3n) is 4.98. The average Bonchev–Trinajstić information content (AvgIpc) is 3.00. The normalized spacial score (nSPS) is 22.7. The molecule has 2 atom stereocenters.